The van der Waals surface area contributed by atoms with Gasteiger partial charge in [0.25, 0.3) is 5.56 Å². The highest BCUT2D eigenvalue weighted by atomic mass is 16.4. The van der Waals surface area contributed by atoms with E-state index in [1.165, 1.54) is 11.5 Å². The molecule has 2 aromatic rings. The second-order valence-corrected chi connectivity index (χ2v) is 7.14. The number of hydrogen-bond donors (Lipinski definition) is 2. The van der Waals surface area contributed by atoms with Crippen molar-refractivity contribution in [1.82, 2.24) is 9.88 Å². The number of aromatic nitrogens is 1. The molecule has 0 spiro atoms. The Balaban J connectivity index is 2.40. The largest absolute Gasteiger partial charge is 0.480 e. The normalized spacial score (nSPS) is 13.0. The van der Waals surface area contributed by atoms with E-state index in [0.717, 1.165) is 24.0 Å². The summed E-state index contributed by atoms with van der Waals surface area (Å²) in [7, 11) is 0. The number of pyridine rings is 1. The Morgan fingerprint density at radius 1 is 1.21 bits per heavy atom. The summed E-state index contributed by atoms with van der Waals surface area (Å²) >= 11 is 0. The quantitative estimate of drug-likeness (QED) is 0.695. The maximum absolute atomic E-state index is 13.1. The molecule has 0 aliphatic rings. The van der Waals surface area contributed by atoms with E-state index in [4.69, 9.17) is 5.11 Å². The summed E-state index contributed by atoms with van der Waals surface area (Å²) in [6, 6.07) is 9.80. The van der Waals surface area contributed by atoms with Gasteiger partial charge in [0.1, 0.15) is 12.1 Å². The van der Waals surface area contributed by atoms with Gasteiger partial charge in [-0.2, -0.15) is 0 Å². The van der Waals surface area contributed by atoms with Crippen molar-refractivity contribution in [2.24, 2.45) is 0 Å². The first-order valence-electron chi connectivity index (χ1n) is 9.62. The average Bonchev–Trinajstić information content (AvgIpc) is 2.66. The summed E-state index contributed by atoms with van der Waals surface area (Å²) in [6.45, 7) is 5.31. The maximum Gasteiger partial charge on any atom is 0.325 e. The van der Waals surface area contributed by atoms with E-state index < -0.39 is 24.0 Å². The van der Waals surface area contributed by atoms with Crippen LogP contribution in [-0.4, -0.2) is 27.6 Å². The molecule has 1 aromatic heterocycles. The standard InChI is InChI=1S/C22H28N2O4/c1-4-5-11-19(20(25)23-16(3)22(27)28)24-14-15(2)12-18(21(24)26)13-17-9-7-6-8-10-17/h6-10,12,14,16,19H,4-5,11,13H2,1-3H3,(H,23,25)(H,27,28)/t16?,19-/m0/s1. The van der Waals surface area contributed by atoms with Crippen molar-refractivity contribution in [3.63, 3.8) is 0 Å². The van der Waals surface area contributed by atoms with Gasteiger partial charge in [0.2, 0.25) is 5.91 Å². The molecule has 150 valence electrons. The van der Waals surface area contributed by atoms with Gasteiger partial charge < -0.3 is 15.0 Å². The molecule has 1 amide bonds. The zero-order valence-corrected chi connectivity index (χ0v) is 16.6. The van der Waals surface area contributed by atoms with E-state index in [-0.39, 0.29) is 5.56 Å². The highest BCUT2D eigenvalue weighted by Gasteiger charge is 2.25. The number of carboxylic acids is 1. The molecule has 0 saturated heterocycles. The Kier molecular flexibility index (Phi) is 7.55. The van der Waals surface area contributed by atoms with Gasteiger partial charge in [-0.05, 0) is 37.5 Å². The summed E-state index contributed by atoms with van der Waals surface area (Å²) < 4.78 is 1.47. The average molecular weight is 384 g/mol. The summed E-state index contributed by atoms with van der Waals surface area (Å²) in [5, 5.41) is 11.6. The van der Waals surface area contributed by atoms with Crippen LogP contribution in [0.2, 0.25) is 0 Å². The van der Waals surface area contributed by atoms with Gasteiger partial charge in [-0.3, -0.25) is 14.4 Å². The third kappa shape index (κ3) is 5.55. The molecule has 2 rings (SSSR count). The van der Waals surface area contributed by atoms with Crippen LogP contribution in [0.4, 0.5) is 0 Å². The Morgan fingerprint density at radius 3 is 2.50 bits per heavy atom. The number of aliphatic carboxylic acids is 1. The van der Waals surface area contributed by atoms with E-state index in [2.05, 4.69) is 5.32 Å². The van der Waals surface area contributed by atoms with Gasteiger partial charge in [0, 0.05) is 18.2 Å². The van der Waals surface area contributed by atoms with Crippen LogP contribution in [0.5, 0.6) is 0 Å². The second kappa shape index (κ2) is 9.88. The van der Waals surface area contributed by atoms with Crippen molar-refractivity contribution >= 4 is 11.9 Å². The SMILES string of the molecule is CCCC[C@@H](C(=O)NC(C)C(=O)O)n1cc(C)cc(Cc2ccccc2)c1=O. The minimum Gasteiger partial charge on any atom is -0.480 e. The molecule has 1 aromatic carbocycles. The second-order valence-electron chi connectivity index (χ2n) is 7.14. The molecule has 0 aliphatic heterocycles. The number of unbranched alkanes of at least 4 members (excludes halogenated alkanes) is 1. The van der Waals surface area contributed by atoms with Gasteiger partial charge in [-0.1, -0.05) is 50.1 Å². The highest BCUT2D eigenvalue weighted by molar-refractivity contribution is 5.85. The summed E-state index contributed by atoms with van der Waals surface area (Å²) in [6.07, 6.45) is 4.27. The lowest BCUT2D eigenvalue weighted by molar-refractivity contribution is -0.141. The van der Waals surface area contributed by atoms with Crippen LogP contribution < -0.4 is 10.9 Å². The van der Waals surface area contributed by atoms with E-state index in [1.54, 1.807) is 6.20 Å². The zero-order valence-electron chi connectivity index (χ0n) is 16.6. The van der Waals surface area contributed by atoms with Crippen molar-refractivity contribution < 1.29 is 14.7 Å². The highest BCUT2D eigenvalue weighted by Crippen LogP contribution is 2.17. The van der Waals surface area contributed by atoms with E-state index in [1.807, 2.05) is 50.2 Å². The lowest BCUT2D eigenvalue weighted by Gasteiger charge is -2.22. The molecule has 1 heterocycles. The van der Waals surface area contributed by atoms with Crippen LogP contribution in [-0.2, 0) is 16.0 Å². The molecule has 6 heteroatoms. The number of carbonyl (C=O) groups excluding carboxylic acids is 1. The Morgan fingerprint density at radius 2 is 1.89 bits per heavy atom. The molecule has 0 fully saturated rings. The molecule has 0 radical (unpaired) electrons. The Hall–Kier alpha value is -2.89. The van der Waals surface area contributed by atoms with E-state index in [9.17, 15) is 14.4 Å². The fraction of sp³-hybridized carbons (Fsp3) is 0.409. The van der Waals surface area contributed by atoms with Crippen molar-refractivity contribution in [3.8, 4) is 0 Å². The zero-order chi connectivity index (χ0) is 20.7. The third-order valence-electron chi connectivity index (χ3n) is 4.69. The number of benzene rings is 1. The number of carbonyl (C=O) groups is 2. The molecule has 6 nitrogen and oxygen atoms in total. The number of nitrogens with zero attached hydrogens (tertiary/aromatic N) is 1. The van der Waals surface area contributed by atoms with Crippen LogP contribution in [0.1, 0.15) is 55.8 Å². The number of aryl methyl sites for hydroxylation is 1. The van der Waals surface area contributed by atoms with Crippen molar-refractivity contribution in [2.75, 3.05) is 0 Å². The molecule has 2 N–H and O–H groups in total. The lowest BCUT2D eigenvalue weighted by Crippen LogP contribution is -2.44. The van der Waals surface area contributed by atoms with Gasteiger partial charge in [-0.15, -0.1) is 0 Å². The number of nitrogens with one attached hydrogen (secondary N) is 1. The lowest BCUT2D eigenvalue weighted by atomic mass is 10.0. The van der Waals surface area contributed by atoms with Crippen molar-refractivity contribution in [2.45, 2.75) is 58.5 Å². The van der Waals surface area contributed by atoms with Gasteiger partial charge in [0.15, 0.2) is 0 Å². The van der Waals surface area contributed by atoms with Crippen LogP contribution in [0.3, 0.4) is 0 Å². The van der Waals surface area contributed by atoms with E-state index in [0.29, 0.717) is 18.4 Å². The van der Waals surface area contributed by atoms with Crippen LogP contribution in [0.15, 0.2) is 47.4 Å². The van der Waals surface area contributed by atoms with Crippen LogP contribution >= 0.6 is 0 Å². The van der Waals surface area contributed by atoms with Crippen LogP contribution in [0, 0.1) is 6.92 Å². The first kappa shape index (κ1) is 21.4. The number of hydrogen-bond acceptors (Lipinski definition) is 3. The topological polar surface area (TPSA) is 88.4 Å². The fourth-order valence-corrected chi connectivity index (χ4v) is 3.16. The first-order chi connectivity index (χ1) is 13.3. The number of rotatable bonds is 9. The van der Waals surface area contributed by atoms with Gasteiger partial charge >= 0.3 is 5.97 Å². The predicted octanol–water partition coefficient (Wildman–Crippen LogP) is 3.07. The Labute approximate surface area is 165 Å². The third-order valence-corrected chi connectivity index (χ3v) is 4.69. The molecule has 2 atom stereocenters. The maximum atomic E-state index is 13.1. The van der Waals surface area contributed by atoms with Crippen molar-refractivity contribution in [3.05, 3.63) is 69.6 Å². The first-order valence-corrected chi connectivity index (χ1v) is 9.62. The van der Waals surface area contributed by atoms with Gasteiger partial charge in [-0.25, -0.2) is 0 Å². The van der Waals surface area contributed by atoms with E-state index >= 15 is 0 Å². The molecule has 0 aliphatic carbocycles. The number of carboxylic acid groups (broad SMARTS) is 1. The minimum atomic E-state index is -1.11. The fourth-order valence-electron chi connectivity index (χ4n) is 3.16. The van der Waals surface area contributed by atoms with Gasteiger partial charge in [0.05, 0.1) is 0 Å². The molecule has 0 bridgehead atoms. The molecular formula is C22H28N2O4. The van der Waals surface area contributed by atoms with Crippen molar-refractivity contribution in [1.29, 1.82) is 0 Å². The molecule has 28 heavy (non-hydrogen) atoms. The summed E-state index contributed by atoms with van der Waals surface area (Å²) in [5.74, 6) is -1.55. The summed E-state index contributed by atoms with van der Waals surface area (Å²) in [4.78, 5) is 37.0. The predicted molar refractivity (Wildman–Crippen MR) is 108 cm³/mol. The molecule has 1 unspecified atom stereocenters. The smallest absolute Gasteiger partial charge is 0.325 e. The molecular weight excluding hydrogens is 356 g/mol. The van der Waals surface area contributed by atoms with Crippen LogP contribution in [0.25, 0.3) is 0 Å². The Bertz CT molecular complexity index is 874. The number of amides is 1. The summed E-state index contributed by atoms with van der Waals surface area (Å²) in [5.41, 5.74) is 2.30. The molecule has 0 saturated carbocycles. The monoisotopic (exact) mass is 384 g/mol. The minimum absolute atomic E-state index is 0.214.